The van der Waals surface area contributed by atoms with E-state index in [0.29, 0.717) is 35.1 Å². The molecule has 1 amide bonds. The lowest BCUT2D eigenvalue weighted by molar-refractivity contribution is -0.120. The van der Waals surface area contributed by atoms with Crippen LogP contribution >= 0.6 is 23.2 Å². The zero-order valence-electron chi connectivity index (χ0n) is 10.9. The van der Waals surface area contributed by atoms with Gasteiger partial charge in [-0.25, -0.2) is 0 Å². The van der Waals surface area contributed by atoms with Gasteiger partial charge in [0.2, 0.25) is 5.91 Å². The Morgan fingerprint density at radius 2 is 2.05 bits per heavy atom. The summed E-state index contributed by atoms with van der Waals surface area (Å²) in [5.74, 6) is -0.0219. The number of carbonyl (C=O) groups excluding carboxylic acids is 1. The van der Waals surface area contributed by atoms with Gasteiger partial charge in [0.25, 0.3) is 0 Å². The van der Waals surface area contributed by atoms with Crippen LogP contribution in [0.25, 0.3) is 0 Å². The average molecular weight is 303 g/mol. The summed E-state index contributed by atoms with van der Waals surface area (Å²) in [6.45, 7) is 2.49. The third-order valence-corrected chi connectivity index (χ3v) is 3.16. The number of halogens is 2. The molecule has 0 saturated heterocycles. The van der Waals surface area contributed by atoms with Crippen molar-refractivity contribution in [2.45, 2.75) is 19.8 Å². The van der Waals surface area contributed by atoms with Crippen LogP contribution < -0.4 is 5.32 Å². The Bertz CT molecular complexity index is 476. The van der Waals surface area contributed by atoms with E-state index in [1.807, 2.05) is 6.92 Å². The molecule has 19 heavy (non-hydrogen) atoms. The Morgan fingerprint density at radius 1 is 1.32 bits per heavy atom. The minimum Gasteiger partial charge on any atom is -0.399 e. The molecule has 6 heteroatoms. The van der Waals surface area contributed by atoms with Crippen molar-refractivity contribution in [1.82, 2.24) is 5.32 Å². The van der Waals surface area contributed by atoms with Gasteiger partial charge in [0, 0.05) is 24.9 Å². The van der Waals surface area contributed by atoms with E-state index in [-0.39, 0.29) is 5.91 Å². The van der Waals surface area contributed by atoms with Gasteiger partial charge in [0.05, 0.1) is 15.8 Å². The van der Waals surface area contributed by atoms with Gasteiger partial charge in [-0.15, -0.1) is 0 Å². The monoisotopic (exact) mass is 302 g/mol. The minimum absolute atomic E-state index is 0.0219. The molecule has 1 N–H and O–H groups in total. The first-order chi connectivity index (χ1) is 9.08. The first kappa shape index (κ1) is 15.8. The van der Waals surface area contributed by atoms with Gasteiger partial charge in [0.1, 0.15) is 7.11 Å². The first-order valence-corrected chi connectivity index (χ1v) is 6.66. The summed E-state index contributed by atoms with van der Waals surface area (Å²) in [6.07, 6.45) is 0.813. The molecule has 104 valence electrons. The molecule has 4 nitrogen and oxygen atoms in total. The van der Waals surface area contributed by atoms with Crippen molar-refractivity contribution in [1.29, 1.82) is 0 Å². The number of hydrogen-bond donors (Lipinski definition) is 1. The van der Waals surface area contributed by atoms with Crippen LogP contribution in [-0.2, 0) is 9.63 Å². The van der Waals surface area contributed by atoms with Gasteiger partial charge in [-0.2, -0.15) is 0 Å². The van der Waals surface area contributed by atoms with Crippen LogP contribution in [0.15, 0.2) is 23.4 Å². The Morgan fingerprint density at radius 3 is 2.63 bits per heavy atom. The van der Waals surface area contributed by atoms with Gasteiger partial charge in [-0.05, 0) is 19.1 Å². The Balaban J connectivity index is 2.80. The maximum absolute atomic E-state index is 11.5. The van der Waals surface area contributed by atoms with Gasteiger partial charge in [-0.3, -0.25) is 4.79 Å². The lowest BCUT2D eigenvalue weighted by Gasteiger charge is -2.07. The molecule has 0 aromatic heterocycles. The maximum Gasteiger partial charge on any atom is 0.220 e. The molecule has 0 spiro atoms. The van der Waals surface area contributed by atoms with Gasteiger partial charge < -0.3 is 10.2 Å². The third kappa shape index (κ3) is 5.09. The molecule has 0 saturated carbocycles. The van der Waals surface area contributed by atoms with Crippen LogP contribution in [0.3, 0.4) is 0 Å². The van der Waals surface area contributed by atoms with Crippen molar-refractivity contribution in [2.24, 2.45) is 5.16 Å². The number of rotatable bonds is 6. The van der Waals surface area contributed by atoms with Gasteiger partial charge in [0.15, 0.2) is 0 Å². The second kappa shape index (κ2) is 8.02. The summed E-state index contributed by atoms with van der Waals surface area (Å²) in [5, 5.41) is 7.59. The molecule has 0 aliphatic rings. The summed E-state index contributed by atoms with van der Waals surface area (Å²) in [7, 11) is 1.46. The Labute approximate surface area is 122 Å². The molecule has 1 rings (SSSR count). The molecule has 0 heterocycles. The van der Waals surface area contributed by atoms with Crippen molar-refractivity contribution in [3.8, 4) is 0 Å². The fraction of sp³-hybridized carbons (Fsp3) is 0.385. The van der Waals surface area contributed by atoms with Crippen LogP contribution in [0.1, 0.15) is 25.3 Å². The molecule has 0 aliphatic heterocycles. The van der Waals surface area contributed by atoms with Crippen molar-refractivity contribution in [3.05, 3.63) is 33.8 Å². The molecule has 1 aromatic carbocycles. The molecule has 1 aromatic rings. The molecule has 0 fully saturated rings. The van der Waals surface area contributed by atoms with Crippen LogP contribution in [0.5, 0.6) is 0 Å². The number of benzene rings is 1. The number of nitrogens with zero attached hydrogens (tertiary/aromatic N) is 1. The normalized spacial score (nSPS) is 11.3. The standard InChI is InChI=1S/C13H16Cl2N2O2/c1-3-16-13(18)7-6-12(17-19-2)9-4-5-10(14)11(15)8-9/h4-5,8H,3,6-7H2,1-2H3,(H,16,18)/b17-12+. The van der Waals surface area contributed by atoms with E-state index in [2.05, 4.69) is 10.5 Å². The van der Waals surface area contributed by atoms with Crippen molar-refractivity contribution in [2.75, 3.05) is 13.7 Å². The Hall–Kier alpha value is -1.26. The zero-order valence-corrected chi connectivity index (χ0v) is 12.4. The number of nitrogens with one attached hydrogen (secondary N) is 1. The molecular formula is C13H16Cl2N2O2. The minimum atomic E-state index is -0.0219. The van der Waals surface area contributed by atoms with Crippen LogP contribution in [0.2, 0.25) is 10.0 Å². The van der Waals surface area contributed by atoms with E-state index in [1.165, 1.54) is 7.11 Å². The van der Waals surface area contributed by atoms with Crippen LogP contribution in [0.4, 0.5) is 0 Å². The second-order valence-electron chi connectivity index (χ2n) is 3.80. The van der Waals surface area contributed by atoms with E-state index in [4.69, 9.17) is 28.0 Å². The molecular weight excluding hydrogens is 287 g/mol. The molecule has 0 unspecified atom stereocenters. The third-order valence-electron chi connectivity index (χ3n) is 2.42. The SMILES string of the molecule is CCNC(=O)CC/C(=N\OC)c1ccc(Cl)c(Cl)c1. The largest absolute Gasteiger partial charge is 0.399 e. The highest BCUT2D eigenvalue weighted by Gasteiger charge is 2.10. The van der Waals surface area contributed by atoms with Crippen molar-refractivity contribution >= 4 is 34.8 Å². The average Bonchev–Trinajstić information content (AvgIpc) is 2.38. The quantitative estimate of drug-likeness (QED) is 0.648. The highest BCUT2D eigenvalue weighted by molar-refractivity contribution is 6.42. The fourth-order valence-corrected chi connectivity index (χ4v) is 1.84. The van der Waals surface area contributed by atoms with E-state index in [9.17, 15) is 4.79 Å². The lowest BCUT2D eigenvalue weighted by atomic mass is 10.1. The number of hydrogen-bond acceptors (Lipinski definition) is 3. The van der Waals surface area contributed by atoms with E-state index < -0.39 is 0 Å². The topological polar surface area (TPSA) is 50.7 Å². The molecule has 0 atom stereocenters. The van der Waals surface area contributed by atoms with Crippen molar-refractivity contribution < 1.29 is 9.63 Å². The Kier molecular flexibility index (Phi) is 6.67. The highest BCUT2D eigenvalue weighted by Crippen LogP contribution is 2.23. The molecule has 0 radical (unpaired) electrons. The maximum atomic E-state index is 11.5. The predicted molar refractivity (Wildman–Crippen MR) is 77.9 cm³/mol. The van der Waals surface area contributed by atoms with Crippen LogP contribution in [-0.4, -0.2) is 25.3 Å². The van der Waals surface area contributed by atoms with Gasteiger partial charge in [-0.1, -0.05) is 34.4 Å². The predicted octanol–water partition coefficient (Wildman–Crippen LogP) is 3.26. The summed E-state index contributed by atoms with van der Waals surface area (Å²) in [4.78, 5) is 16.3. The number of oxime groups is 1. The van der Waals surface area contributed by atoms with E-state index >= 15 is 0 Å². The molecule has 0 bridgehead atoms. The summed E-state index contributed by atoms with van der Waals surface area (Å²) < 4.78 is 0. The number of carbonyl (C=O) groups is 1. The van der Waals surface area contributed by atoms with E-state index in [1.54, 1.807) is 18.2 Å². The summed E-state index contributed by atoms with van der Waals surface area (Å²) >= 11 is 11.8. The summed E-state index contributed by atoms with van der Waals surface area (Å²) in [5.41, 5.74) is 1.45. The zero-order chi connectivity index (χ0) is 14.3. The highest BCUT2D eigenvalue weighted by atomic mass is 35.5. The van der Waals surface area contributed by atoms with E-state index in [0.717, 1.165) is 5.56 Å². The van der Waals surface area contributed by atoms with Crippen LogP contribution in [0, 0.1) is 0 Å². The first-order valence-electron chi connectivity index (χ1n) is 5.90. The number of amides is 1. The smallest absolute Gasteiger partial charge is 0.220 e. The van der Waals surface area contributed by atoms with Gasteiger partial charge >= 0.3 is 0 Å². The van der Waals surface area contributed by atoms with Crippen molar-refractivity contribution in [3.63, 3.8) is 0 Å². The summed E-state index contributed by atoms with van der Waals surface area (Å²) in [6, 6.07) is 5.19. The fourth-order valence-electron chi connectivity index (χ4n) is 1.55. The lowest BCUT2D eigenvalue weighted by Crippen LogP contribution is -2.23. The second-order valence-corrected chi connectivity index (χ2v) is 4.62. The molecule has 0 aliphatic carbocycles.